The van der Waals surface area contributed by atoms with Crippen molar-refractivity contribution in [1.29, 1.82) is 0 Å². The zero-order valence-corrected chi connectivity index (χ0v) is 11.2. The lowest BCUT2D eigenvalue weighted by Crippen LogP contribution is -2.06. The molecule has 1 N–H and O–H groups in total. The van der Waals surface area contributed by atoms with Gasteiger partial charge < -0.3 is 5.32 Å². The van der Waals surface area contributed by atoms with Gasteiger partial charge in [-0.3, -0.25) is 4.40 Å². The van der Waals surface area contributed by atoms with Crippen LogP contribution in [-0.2, 0) is 0 Å². The Hall–Kier alpha value is -1.88. The molecule has 96 valence electrons. The standard InChI is InChI=1S/C14H14N4S/c1-2-12(19-7-1)11-9-17-14-13(15-5-6-18(11)14)16-8-10-3-4-10/h1-2,5-7,9-10H,3-4,8H2,(H,15,16). The molecule has 1 aliphatic rings. The van der Waals surface area contributed by atoms with Crippen LogP contribution in [0.2, 0.25) is 0 Å². The predicted octanol–water partition coefficient (Wildman–Crippen LogP) is 3.28. The van der Waals surface area contributed by atoms with Crippen LogP contribution in [-0.4, -0.2) is 20.9 Å². The Bertz CT molecular complexity index is 697. The third-order valence-electron chi connectivity index (χ3n) is 3.46. The molecule has 0 amide bonds. The zero-order chi connectivity index (χ0) is 12.7. The first-order chi connectivity index (χ1) is 9.42. The van der Waals surface area contributed by atoms with Gasteiger partial charge in [0.05, 0.1) is 16.8 Å². The Morgan fingerprint density at radius 1 is 1.37 bits per heavy atom. The minimum absolute atomic E-state index is 0.828. The van der Waals surface area contributed by atoms with Gasteiger partial charge in [-0.25, -0.2) is 9.97 Å². The SMILES string of the molecule is c1csc(-c2cnc3c(NCC4CC4)nccn23)c1. The maximum absolute atomic E-state index is 4.52. The highest BCUT2D eigenvalue weighted by Crippen LogP contribution is 2.30. The van der Waals surface area contributed by atoms with E-state index >= 15 is 0 Å². The first-order valence-corrected chi connectivity index (χ1v) is 7.39. The first-order valence-electron chi connectivity index (χ1n) is 6.51. The summed E-state index contributed by atoms with van der Waals surface area (Å²) in [6.07, 6.45) is 8.40. The molecule has 1 aliphatic carbocycles. The lowest BCUT2D eigenvalue weighted by atomic mass is 10.4. The summed E-state index contributed by atoms with van der Waals surface area (Å²) in [6.45, 7) is 1.01. The van der Waals surface area contributed by atoms with Crippen LogP contribution >= 0.6 is 11.3 Å². The second-order valence-corrected chi connectivity index (χ2v) is 5.86. The summed E-state index contributed by atoms with van der Waals surface area (Å²) < 4.78 is 2.11. The van der Waals surface area contributed by atoms with Crippen LogP contribution in [0.15, 0.2) is 36.1 Å². The van der Waals surface area contributed by atoms with Crippen LogP contribution in [0.3, 0.4) is 0 Å². The molecule has 0 saturated heterocycles. The van der Waals surface area contributed by atoms with Crippen molar-refractivity contribution in [2.75, 3.05) is 11.9 Å². The summed E-state index contributed by atoms with van der Waals surface area (Å²) in [5, 5.41) is 5.50. The Morgan fingerprint density at radius 3 is 3.11 bits per heavy atom. The number of nitrogens with one attached hydrogen (secondary N) is 1. The fourth-order valence-electron chi connectivity index (χ4n) is 2.21. The second kappa shape index (κ2) is 4.35. The highest BCUT2D eigenvalue weighted by molar-refractivity contribution is 7.13. The molecule has 5 heteroatoms. The second-order valence-electron chi connectivity index (χ2n) is 4.91. The van der Waals surface area contributed by atoms with Gasteiger partial charge in [-0.05, 0) is 30.2 Å². The molecule has 0 spiro atoms. The van der Waals surface area contributed by atoms with Gasteiger partial charge in [0, 0.05) is 18.9 Å². The molecular weight excluding hydrogens is 256 g/mol. The minimum Gasteiger partial charge on any atom is -0.367 e. The van der Waals surface area contributed by atoms with Crippen LogP contribution in [0.4, 0.5) is 5.82 Å². The molecule has 3 heterocycles. The molecule has 0 aliphatic heterocycles. The lowest BCUT2D eigenvalue weighted by molar-refractivity contribution is 0.881. The number of hydrogen-bond acceptors (Lipinski definition) is 4. The summed E-state index contributed by atoms with van der Waals surface area (Å²) in [4.78, 5) is 10.2. The van der Waals surface area contributed by atoms with Crippen LogP contribution in [0.1, 0.15) is 12.8 Å². The smallest absolute Gasteiger partial charge is 0.180 e. The molecule has 4 nitrogen and oxygen atoms in total. The average molecular weight is 270 g/mol. The quantitative estimate of drug-likeness (QED) is 0.791. The highest BCUT2D eigenvalue weighted by Gasteiger charge is 2.21. The molecule has 3 aromatic rings. The summed E-state index contributed by atoms with van der Waals surface area (Å²) >= 11 is 1.73. The first kappa shape index (κ1) is 11.0. The predicted molar refractivity (Wildman–Crippen MR) is 77.5 cm³/mol. The monoisotopic (exact) mass is 270 g/mol. The minimum atomic E-state index is 0.828. The average Bonchev–Trinajstić information content (AvgIpc) is 2.92. The molecule has 0 unspecified atom stereocenters. The van der Waals surface area contributed by atoms with Gasteiger partial charge in [0.15, 0.2) is 11.5 Å². The van der Waals surface area contributed by atoms with Crippen molar-refractivity contribution in [3.8, 4) is 10.6 Å². The van der Waals surface area contributed by atoms with Crippen LogP contribution in [0, 0.1) is 5.92 Å². The van der Waals surface area contributed by atoms with Gasteiger partial charge in [0.1, 0.15) is 0 Å². The highest BCUT2D eigenvalue weighted by atomic mass is 32.1. The van der Waals surface area contributed by atoms with E-state index in [2.05, 4.69) is 37.2 Å². The fraction of sp³-hybridized carbons (Fsp3) is 0.286. The Morgan fingerprint density at radius 2 is 2.32 bits per heavy atom. The van der Waals surface area contributed by atoms with Crippen LogP contribution < -0.4 is 5.32 Å². The van der Waals surface area contributed by atoms with E-state index in [4.69, 9.17) is 0 Å². The summed E-state index contributed by atoms with van der Waals surface area (Å²) in [7, 11) is 0. The summed E-state index contributed by atoms with van der Waals surface area (Å²) in [6, 6.07) is 4.18. The van der Waals surface area contributed by atoms with E-state index < -0.39 is 0 Å². The van der Waals surface area contributed by atoms with Crippen molar-refractivity contribution >= 4 is 22.8 Å². The molecular formula is C14H14N4S. The van der Waals surface area contributed by atoms with Crippen molar-refractivity contribution in [2.45, 2.75) is 12.8 Å². The molecule has 0 radical (unpaired) electrons. The summed E-state index contributed by atoms with van der Waals surface area (Å²) in [5.41, 5.74) is 2.04. The molecule has 0 atom stereocenters. The molecule has 4 rings (SSSR count). The lowest BCUT2D eigenvalue weighted by Gasteiger charge is -2.06. The topological polar surface area (TPSA) is 42.2 Å². The number of hydrogen-bond donors (Lipinski definition) is 1. The van der Waals surface area contributed by atoms with E-state index in [-0.39, 0.29) is 0 Å². The third-order valence-corrected chi connectivity index (χ3v) is 4.35. The van der Waals surface area contributed by atoms with E-state index in [9.17, 15) is 0 Å². The van der Waals surface area contributed by atoms with Gasteiger partial charge in [-0.2, -0.15) is 0 Å². The largest absolute Gasteiger partial charge is 0.367 e. The Kier molecular flexibility index (Phi) is 2.51. The molecule has 1 fully saturated rings. The van der Waals surface area contributed by atoms with Crippen molar-refractivity contribution < 1.29 is 0 Å². The van der Waals surface area contributed by atoms with Crippen LogP contribution in [0.25, 0.3) is 16.2 Å². The van der Waals surface area contributed by atoms with Crippen molar-refractivity contribution in [2.24, 2.45) is 5.92 Å². The van der Waals surface area contributed by atoms with Crippen molar-refractivity contribution in [3.63, 3.8) is 0 Å². The fourth-order valence-corrected chi connectivity index (χ4v) is 2.95. The van der Waals surface area contributed by atoms with E-state index in [1.54, 1.807) is 11.3 Å². The maximum atomic E-state index is 4.52. The number of fused-ring (bicyclic) bond motifs is 1. The van der Waals surface area contributed by atoms with E-state index in [1.807, 2.05) is 18.6 Å². The maximum Gasteiger partial charge on any atom is 0.180 e. The number of thiophene rings is 1. The van der Waals surface area contributed by atoms with Gasteiger partial charge in [-0.15, -0.1) is 11.3 Å². The van der Waals surface area contributed by atoms with Gasteiger partial charge in [0.25, 0.3) is 0 Å². The Balaban J connectivity index is 1.75. The number of anilines is 1. The van der Waals surface area contributed by atoms with Gasteiger partial charge in [0.2, 0.25) is 0 Å². The zero-order valence-electron chi connectivity index (χ0n) is 10.4. The molecule has 0 aromatic carbocycles. The van der Waals surface area contributed by atoms with Crippen molar-refractivity contribution in [3.05, 3.63) is 36.1 Å². The number of nitrogens with zero attached hydrogens (tertiary/aromatic N) is 3. The molecule has 0 bridgehead atoms. The summed E-state index contributed by atoms with van der Waals surface area (Å²) in [5.74, 6) is 1.71. The number of imidazole rings is 1. The number of aromatic nitrogens is 3. The van der Waals surface area contributed by atoms with E-state index in [1.165, 1.54) is 17.7 Å². The molecule has 3 aromatic heterocycles. The number of rotatable bonds is 4. The van der Waals surface area contributed by atoms with Gasteiger partial charge in [-0.1, -0.05) is 6.07 Å². The van der Waals surface area contributed by atoms with Crippen molar-refractivity contribution in [1.82, 2.24) is 14.4 Å². The Labute approximate surface area is 115 Å². The molecule has 19 heavy (non-hydrogen) atoms. The molecule has 1 saturated carbocycles. The normalized spacial score (nSPS) is 14.9. The van der Waals surface area contributed by atoms with E-state index in [0.29, 0.717) is 0 Å². The third kappa shape index (κ3) is 2.00. The van der Waals surface area contributed by atoms with Gasteiger partial charge >= 0.3 is 0 Å². The van der Waals surface area contributed by atoms with E-state index in [0.717, 1.165) is 29.6 Å². The van der Waals surface area contributed by atoms with Crippen LogP contribution in [0.5, 0.6) is 0 Å².